The molecule has 0 bridgehead atoms. The van der Waals surface area contributed by atoms with Crippen LogP contribution < -0.4 is 5.32 Å². The number of nitro groups is 1. The molecule has 0 unspecified atom stereocenters. The topological polar surface area (TPSA) is 122 Å². The second-order valence-electron chi connectivity index (χ2n) is 7.76. The van der Waals surface area contributed by atoms with Crippen LogP contribution in [0.2, 0.25) is 0 Å². The van der Waals surface area contributed by atoms with Crippen molar-refractivity contribution in [3.05, 3.63) is 51.3 Å². The zero-order valence-corrected chi connectivity index (χ0v) is 17.8. The smallest absolute Gasteiger partial charge is 0.273 e. The molecule has 3 rings (SSSR count). The van der Waals surface area contributed by atoms with Gasteiger partial charge in [0.25, 0.3) is 11.6 Å². The lowest BCUT2D eigenvalue weighted by molar-refractivity contribution is -0.385. The number of hydrogen-bond acceptors (Lipinski definition) is 7. The van der Waals surface area contributed by atoms with Crippen LogP contribution in [0.1, 0.15) is 40.9 Å². The maximum Gasteiger partial charge on any atom is 0.273 e. The van der Waals surface area contributed by atoms with Gasteiger partial charge < -0.3 is 19.6 Å². The van der Waals surface area contributed by atoms with Gasteiger partial charge in [-0.05, 0) is 45.8 Å². The molecule has 1 aromatic carbocycles. The Kier molecular flexibility index (Phi) is 7.35. The van der Waals surface area contributed by atoms with Gasteiger partial charge in [0.1, 0.15) is 12.3 Å². The van der Waals surface area contributed by atoms with Gasteiger partial charge in [-0.3, -0.25) is 19.7 Å². The van der Waals surface area contributed by atoms with Gasteiger partial charge in [-0.25, -0.2) is 0 Å². The summed E-state index contributed by atoms with van der Waals surface area (Å²) in [6, 6.07) is 5.95. The summed E-state index contributed by atoms with van der Waals surface area (Å²) < 4.78 is 4.94. The minimum Gasteiger partial charge on any atom is -0.360 e. The molecule has 0 atom stereocenters. The molecular weight excluding hydrogens is 402 g/mol. The normalized spacial score (nSPS) is 14.3. The van der Waals surface area contributed by atoms with Crippen LogP contribution in [0.3, 0.4) is 0 Å². The number of carbonyl (C=O) groups is 2. The third kappa shape index (κ3) is 6.11. The minimum atomic E-state index is -0.510. The van der Waals surface area contributed by atoms with Gasteiger partial charge in [-0.2, -0.15) is 0 Å². The zero-order valence-electron chi connectivity index (χ0n) is 17.8. The molecule has 1 saturated heterocycles. The van der Waals surface area contributed by atoms with E-state index in [4.69, 9.17) is 4.52 Å². The third-order valence-electron chi connectivity index (χ3n) is 5.30. The van der Waals surface area contributed by atoms with E-state index in [1.54, 1.807) is 32.0 Å². The highest BCUT2D eigenvalue weighted by Crippen LogP contribution is 2.20. The first-order valence-electron chi connectivity index (χ1n) is 10.3. The first kappa shape index (κ1) is 22.4. The van der Waals surface area contributed by atoms with E-state index >= 15 is 0 Å². The average Bonchev–Trinajstić information content (AvgIpc) is 3.15. The van der Waals surface area contributed by atoms with Crippen molar-refractivity contribution in [3.8, 4) is 0 Å². The van der Waals surface area contributed by atoms with Gasteiger partial charge in [0.05, 0.1) is 4.92 Å². The van der Waals surface area contributed by atoms with Crippen molar-refractivity contribution in [1.29, 1.82) is 0 Å². The summed E-state index contributed by atoms with van der Waals surface area (Å²) in [6.07, 6.45) is 3.43. The molecule has 166 valence electrons. The van der Waals surface area contributed by atoms with Gasteiger partial charge in [0.15, 0.2) is 5.82 Å². The second-order valence-corrected chi connectivity index (χ2v) is 7.76. The number of nitrogens with zero attached hydrogens (tertiary/aromatic N) is 4. The lowest BCUT2D eigenvalue weighted by Crippen LogP contribution is -2.43. The Bertz CT molecular complexity index is 951. The number of likely N-dealkylation sites (tertiary alicyclic amines) is 1. The number of carbonyl (C=O) groups excluding carboxylic acids is 2. The summed E-state index contributed by atoms with van der Waals surface area (Å²) >= 11 is 0. The molecule has 31 heavy (non-hydrogen) atoms. The number of nitro benzene ring substituents is 1. The summed E-state index contributed by atoms with van der Waals surface area (Å²) in [7, 11) is 0. The maximum atomic E-state index is 13.2. The van der Waals surface area contributed by atoms with Crippen molar-refractivity contribution >= 4 is 23.3 Å². The van der Waals surface area contributed by atoms with E-state index in [-0.39, 0.29) is 23.6 Å². The molecule has 0 spiro atoms. The number of aromatic nitrogens is 1. The molecule has 1 aliphatic heterocycles. The fourth-order valence-corrected chi connectivity index (χ4v) is 3.60. The Hall–Kier alpha value is -3.27. The van der Waals surface area contributed by atoms with Crippen molar-refractivity contribution in [2.75, 3.05) is 38.0 Å². The average molecular weight is 429 g/mol. The Morgan fingerprint density at radius 3 is 2.61 bits per heavy atom. The number of aryl methyl sites for hydroxylation is 2. The highest BCUT2D eigenvalue weighted by Gasteiger charge is 2.23. The molecule has 1 aliphatic rings. The maximum absolute atomic E-state index is 13.2. The molecule has 1 fully saturated rings. The molecular formula is C21H27N5O5. The molecule has 0 radical (unpaired) electrons. The van der Waals surface area contributed by atoms with E-state index < -0.39 is 16.7 Å². The second kappa shape index (κ2) is 10.2. The summed E-state index contributed by atoms with van der Waals surface area (Å²) in [6.45, 7) is 6.03. The Balaban J connectivity index is 1.74. The number of hydrogen-bond donors (Lipinski definition) is 1. The van der Waals surface area contributed by atoms with Gasteiger partial charge in [-0.15, -0.1) is 0 Å². The molecule has 1 N–H and O–H groups in total. The van der Waals surface area contributed by atoms with Crippen LogP contribution in [0.5, 0.6) is 0 Å². The predicted octanol–water partition coefficient (Wildman–Crippen LogP) is 2.77. The lowest BCUT2D eigenvalue weighted by atomic mass is 10.1. The van der Waals surface area contributed by atoms with Crippen molar-refractivity contribution in [2.24, 2.45) is 0 Å². The fraction of sp³-hybridized carbons (Fsp3) is 0.476. The first-order valence-corrected chi connectivity index (χ1v) is 10.3. The van der Waals surface area contributed by atoms with Crippen molar-refractivity contribution in [3.63, 3.8) is 0 Å². The standard InChI is InChI=1S/C21H27N5O5/c1-15-6-7-17(13-18(15)26(29)30)21(28)25(11-10-24-8-4-3-5-9-24)14-20(27)22-19-12-16(2)31-23-19/h6-7,12-13H,3-5,8-11,14H2,1-2H3,(H,22,23,27). The monoisotopic (exact) mass is 429 g/mol. The van der Waals surface area contributed by atoms with Crippen molar-refractivity contribution < 1.29 is 19.0 Å². The summed E-state index contributed by atoms with van der Waals surface area (Å²) in [5.74, 6) is -0.00861. The van der Waals surface area contributed by atoms with Crippen LogP contribution in [0.4, 0.5) is 11.5 Å². The third-order valence-corrected chi connectivity index (χ3v) is 5.30. The van der Waals surface area contributed by atoms with Crippen LogP contribution in [0.25, 0.3) is 0 Å². The van der Waals surface area contributed by atoms with Crippen LogP contribution in [0.15, 0.2) is 28.8 Å². The highest BCUT2D eigenvalue weighted by atomic mass is 16.6. The Labute approximate surface area is 180 Å². The van der Waals surface area contributed by atoms with Crippen LogP contribution in [0, 0.1) is 24.0 Å². The summed E-state index contributed by atoms with van der Waals surface area (Å²) in [4.78, 5) is 40.2. The molecule has 2 aromatic rings. The molecule has 10 nitrogen and oxygen atoms in total. The SMILES string of the molecule is Cc1cc(NC(=O)CN(CCN2CCCCC2)C(=O)c2ccc(C)c([N+](=O)[O-])c2)no1. The van der Waals surface area contributed by atoms with E-state index in [9.17, 15) is 19.7 Å². The van der Waals surface area contributed by atoms with Gasteiger partial charge in [0, 0.05) is 36.3 Å². The highest BCUT2D eigenvalue weighted by molar-refractivity contribution is 5.99. The van der Waals surface area contributed by atoms with E-state index in [0.717, 1.165) is 25.9 Å². The number of piperidine rings is 1. The quantitative estimate of drug-likeness (QED) is 0.506. The van der Waals surface area contributed by atoms with Crippen LogP contribution in [-0.2, 0) is 4.79 Å². The van der Waals surface area contributed by atoms with Crippen LogP contribution in [-0.4, -0.2) is 64.4 Å². The fourth-order valence-electron chi connectivity index (χ4n) is 3.60. The van der Waals surface area contributed by atoms with E-state index in [0.29, 0.717) is 24.4 Å². The number of nitrogens with one attached hydrogen (secondary N) is 1. The van der Waals surface area contributed by atoms with Gasteiger partial charge >= 0.3 is 0 Å². The number of rotatable bonds is 8. The van der Waals surface area contributed by atoms with E-state index in [1.165, 1.54) is 17.4 Å². The first-order chi connectivity index (χ1) is 14.8. The molecule has 0 saturated carbocycles. The molecule has 2 amide bonds. The number of benzene rings is 1. The number of amides is 2. The van der Waals surface area contributed by atoms with Gasteiger partial charge in [0.2, 0.25) is 5.91 Å². The van der Waals surface area contributed by atoms with E-state index in [2.05, 4.69) is 15.4 Å². The minimum absolute atomic E-state index is 0.121. The van der Waals surface area contributed by atoms with Gasteiger partial charge in [-0.1, -0.05) is 17.6 Å². The van der Waals surface area contributed by atoms with Crippen molar-refractivity contribution in [2.45, 2.75) is 33.1 Å². The summed E-state index contributed by atoms with van der Waals surface area (Å²) in [5, 5.41) is 17.6. The molecule has 1 aromatic heterocycles. The van der Waals surface area contributed by atoms with E-state index in [1.807, 2.05) is 0 Å². The molecule has 2 heterocycles. The number of anilines is 1. The Morgan fingerprint density at radius 1 is 1.23 bits per heavy atom. The van der Waals surface area contributed by atoms with Crippen LogP contribution >= 0.6 is 0 Å². The Morgan fingerprint density at radius 2 is 1.97 bits per heavy atom. The zero-order chi connectivity index (χ0) is 22.4. The predicted molar refractivity (Wildman–Crippen MR) is 114 cm³/mol. The largest absolute Gasteiger partial charge is 0.360 e. The lowest BCUT2D eigenvalue weighted by Gasteiger charge is -2.30. The van der Waals surface area contributed by atoms with Crippen molar-refractivity contribution in [1.82, 2.24) is 15.0 Å². The molecule has 0 aliphatic carbocycles. The molecule has 10 heteroatoms. The summed E-state index contributed by atoms with van der Waals surface area (Å²) in [5.41, 5.74) is 0.533.